The Balaban J connectivity index is 2.11. The molecule has 2 rings (SSSR count). The molecule has 1 unspecified atom stereocenters. The smallest absolute Gasteiger partial charge is 0.155 e. The zero-order chi connectivity index (χ0) is 13.9. The normalized spacial score (nSPS) is 30.8. The van der Waals surface area contributed by atoms with E-state index in [1.165, 1.54) is 6.08 Å². The van der Waals surface area contributed by atoms with E-state index in [9.17, 15) is 20.1 Å². The minimum Gasteiger partial charge on any atom is -0.390 e. The molecule has 0 aromatic heterocycles. The van der Waals surface area contributed by atoms with Gasteiger partial charge < -0.3 is 15.3 Å². The second-order valence-corrected chi connectivity index (χ2v) is 5.03. The van der Waals surface area contributed by atoms with Gasteiger partial charge in [0, 0.05) is 6.42 Å². The predicted molar refractivity (Wildman–Crippen MR) is 70.5 cm³/mol. The summed E-state index contributed by atoms with van der Waals surface area (Å²) < 4.78 is 0. The Labute approximate surface area is 112 Å². The first-order valence-electron chi connectivity index (χ1n) is 6.34. The van der Waals surface area contributed by atoms with E-state index in [4.69, 9.17) is 0 Å². The summed E-state index contributed by atoms with van der Waals surface area (Å²) in [6.07, 6.45) is 0.691. The average molecular weight is 262 g/mol. The van der Waals surface area contributed by atoms with E-state index in [2.05, 4.69) is 0 Å². The maximum Gasteiger partial charge on any atom is 0.155 e. The maximum atomic E-state index is 10.9. The van der Waals surface area contributed by atoms with Gasteiger partial charge in [-0.3, -0.25) is 4.79 Å². The Morgan fingerprint density at radius 1 is 1.21 bits per heavy atom. The first-order valence-corrected chi connectivity index (χ1v) is 6.34. The van der Waals surface area contributed by atoms with E-state index in [-0.39, 0.29) is 6.42 Å². The number of aliphatic hydroxyl groups is 3. The van der Waals surface area contributed by atoms with Crippen LogP contribution in [0.3, 0.4) is 0 Å². The summed E-state index contributed by atoms with van der Waals surface area (Å²) in [6.45, 7) is 0. The van der Waals surface area contributed by atoms with E-state index in [0.717, 1.165) is 5.56 Å². The van der Waals surface area contributed by atoms with Crippen molar-refractivity contribution in [2.45, 2.75) is 37.1 Å². The molecule has 0 saturated carbocycles. The fraction of sp³-hybridized carbons (Fsp3) is 0.400. The minimum absolute atomic E-state index is 0.160. The Kier molecular flexibility index (Phi) is 4.14. The van der Waals surface area contributed by atoms with Gasteiger partial charge >= 0.3 is 0 Å². The SMILES string of the molecule is O=C[C@]1(O)C=C(CCc2ccccc2)[C@@H](O)C(O)C1. The summed E-state index contributed by atoms with van der Waals surface area (Å²) >= 11 is 0. The van der Waals surface area contributed by atoms with E-state index in [0.29, 0.717) is 24.7 Å². The molecule has 102 valence electrons. The molecule has 0 radical (unpaired) electrons. The lowest BCUT2D eigenvalue weighted by Crippen LogP contribution is -2.44. The molecule has 0 amide bonds. The molecule has 0 aliphatic heterocycles. The van der Waals surface area contributed by atoms with Crippen LogP contribution in [0.25, 0.3) is 0 Å². The maximum absolute atomic E-state index is 10.9. The molecule has 0 spiro atoms. The molecule has 19 heavy (non-hydrogen) atoms. The van der Waals surface area contributed by atoms with Crippen LogP contribution >= 0.6 is 0 Å². The van der Waals surface area contributed by atoms with E-state index < -0.39 is 17.8 Å². The number of hydrogen-bond donors (Lipinski definition) is 3. The zero-order valence-electron chi connectivity index (χ0n) is 10.6. The zero-order valence-corrected chi connectivity index (χ0v) is 10.6. The Morgan fingerprint density at radius 3 is 2.53 bits per heavy atom. The van der Waals surface area contributed by atoms with Gasteiger partial charge in [-0.25, -0.2) is 0 Å². The van der Waals surface area contributed by atoms with Crippen LogP contribution in [-0.2, 0) is 11.2 Å². The van der Waals surface area contributed by atoms with Gasteiger partial charge in [0.1, 0.15) is 11.7 Å². The van der Waals surface area contributed by atoms with Gasteiger partial charge in [0.15, 0.2) is 6.29 Å². The van der Waals surface area contributed by atoms with Gasteiger partial charge in [-0.1, -0.05) is 30.3 Å². The third-order valence-electron chi connectivity index (χ3n) is 3.47. The van der Waals surface area contributed by atoms with Gasteiger partial charge in [0.2, 0.25) is 0 Å². The van der Waals surface area contributed by atoms with Crippen molar-refractivity contribution in [3.05, 3.63) is 47.5 Å². The van der Waals surface area contributed by atoms with Gasteiger partial charge in [0.25, 0.3) is 0 Å². The van der Waals surface area contributed by atoms with E-state index >= 15 is 0 Å². The number of carbonyl (C=O) groups is 1. The predicted octanol–water partition coefficient (Wildman–Crippen LogP) is 0.601. The van der Waals surface area contributed by atoms with Crippen LogP contribution in [0, 0.1) is 0 Å². The molecule has 0 heterocycles. The summed E-state index contributed by atoms with van der Waals surface area (Å²) in [6, 6.07) is 9.72. The molecule has 1 aromatic carbocycles. The Hall–Kier alpha value is -1.49. The molecule has 0 fully saturated rings. The van der Waals surface area contributed by atoms with Crippen molar-refractivity contribution >= 4 is 6.29 Å². The molecular formula is C15H18O4. The lowest BCUT2D eigenvalue weighted by atomic mass is 9.82. The number of aldehydes is 1. The highest BCUT2D eigenvalue weighted by Gasteiger charge is 2.37. The van der Waals surface area contributed by atoms with E-state index in [1.807, 2.05) is 30.3 Å². The van der Waals surface area contributed by atoms with Gasteiger partial charge in [-0.2, -0.15) is 0 Å². The summed E-state index contributed by atoms with van der Waals surface area (Å²) in [4.78, 5) is 10.9. The highest BCUT2D eigenvalue weighted by atomic mass is 16.3. The topological polar surface area (TPSA) is 77.8 Å². The summed E-state index contributed by atoms with van der Waals surface area (Å²) in [5.41, 5.74) is -0.0486. The highest BCUT2D eigenvalue weighted by molar-refractivity contribution is 5.67. The van der Waals surface area contributed by atoms with Crippen molar-refractivity contribution in [1.82, 2.24) is 0 Å². The molecule has 1 aliphatic carbocycles. The van der Waals surface area contributed by atoms with Crippen LogP contribution in [0.4, 0.5) is 0 Å². The second-order valence-electron chi connectivity index (χ2n) is 5.03. The minimum atomic E-state index is -1.66. The number of aryl methyl sites for hydroxylation is 1. The first kappa shape index (κ1) is 13.9. The molecule has 3 atom stereocenters. The Bertz CT molecular complexity index is 468. The summed E-state index contributed by atoms with van der Waals surface area (Å²) in [5, 5.41) is 29.5. The molecule has 1 aliphatic rings. The highest BCUT2D eigenvalue weighted by Crippen LogP contribution is 2.28. The average Bonchev–Trinajstić information content (AvgIpc) is 2.42. The van der Waals surface area contributed by atoms with Crippen molar-refractivity contribution in [2.24, 2.45) is 0 Å². The largest absolute Gasteiger partial charge is 0.390 e. The number of carbonyl (C=O) groups excluding carboxylic acids is 1. The molecule has 1 aromatic rings. The van der Waals surface area contributed by atoms with Crippen LogP contribution in [0.5, 0.6) is 0 Å². The van der Waals surface area contributed by atoms with E-state index in [1.54, 1.807) is 0 Å². The van der Waals surface area contributed by atoms with Crippen LogP contribution in [0.2, 0.25) is 0 Å². The fourth-order valence-electron chi connectivity index (χ4n) is 2.39. The summed E-state index contributed by atoms with van der Waals surface area (Å²) in [7, 11) is 0. The van der Waals surface area contributed by atoms with Crippen molar-refractivity contribution in [1.29, 1.82) is 0 Å². The molecule has 3 N–H and O–H groups in total. The monoisotopic (exact) mass is 262 g/mol. The Morgan fingerprint density at radius 2 is 1.89 bits per heavy atom. The summed E-state index contributed by atoms with van der Waals surface area (Å²) in [5.74, 6) is 0. The molecule has 4 heteroatoms. The lowest BCUT2D eigenvalue weighted by Gasteiger charge is -2.32. The molecular weight excluding hydrogens is 244 g/mol. The fourth-order valence-corrected chi connectivity index (χ4v) is 2.39. The number of hydrogen-bond acceptors (Lipinski definition) is 4. The number of benzene rings is 1. The van der Waals surface area contributed by atoms with Crippen LogP contribution in [0.1, 0.15) is 18.4 Å². The van der Waals surface area contributed by atoms with Crippen molar-refractivity contribution in [3.63, 3.8) is 0 Å². The van der Waals surface area contributed by atoms with Gasteiger partial charge in [-0.05, 0) is 30.1 Å². The third-order valence-corrected chi connectivity index (χ3v) is 3.47. The van der Waals surface area contributed by atoms with Crippen molar-refractivity contribution in [3.8, 4) is 0 Å². The number of aliphatic hydroxyl groups excluding tert-OH is 2. The van der Waals surface area contributed by atoms with Crippen LogP contribution < -0.4 is 0 Å². The van der Waals surface area contributed by atoms with Crippen LogP contribution in [-0.4, -0.2) is 39.4 Å². The molecule has 0 bridgehead atoms. The van der Waals surface area contributed by atoms with Gasteiger partial charge in [-0.15, -0.1) is 0 Å². The molecule has 0 saturated heterocycles. The van der Waals surface area contributed by atoms with Gasteiger partial charge in [0.05, 0.1) is 6.10 Å². The standard InChI is InChI=1S/C15H18O4/c16-10-15(19)8-12(14(18)13(17)9-15)7-6-11-4-2-1-3-5-11/h1-5,8,10,13-14,17-19H,6-7,9H2/t13?,14-,15+/m1/s1. The first-order chi connectivity index (χ1) is 9.04. The lowest BCUT2D eigenvalue weighted by molar-refractivity contribution is -0.125. The second kappa shape index (κ2) is 5.65. The number of rotatable bonds is 4. The quantitative estimate of drug-likeness (QED) is 0.548. The van der Waals surface area contributed by atoms with Crippen LogP contribution in [0.15, 0.2) is 42.0 Å². The van der Waals surface area contributed by atoms with Crippen molar-refractivity contribution < 1.29 is 20.1 Å². The molecule has 4 nitrogen and oxygen atoms in total. The van der Waals surface area contributed by atoms with Crippen molar-refractivity contribution in [2.75, 3.05) is 0 Å². The third kappa shape index (κ3) is 3.29.